The Morgan fingerprint density at radius 3 is 2.78 bits per heavy atom. The number of alkyl halides is 2. The molecular formula is C15H14F2N2O3S. The fourth-order valence-electron chi connectivity index (χ4n) is 1.74. The Bertz CT molecular complexity index is 716. The second-order valence-corrected chi connectivity index (χ2v) is 5.33. The molecule has 1 aromatic carbocycles. The third-order valence-electron chi connectivity index (χ3n) is 2.80. The van der Waals surface area contributed by atoms with Crippen molar-refractivity contribution >= 4 is 29.4 Å². The number of carbonyl (C=O) groups excluding carboxylic acids is 1. The molecule has 1 heterocycles. The van der Waals surface area contributed by atoms with Gasteiger partial charge in [-0.25, -0.2) is 4.98 Å². The van der Waals surface area contributed by atoms with E-state index < -0.39 is 6.61 Å². The van der Waals surface area contributed by atoms with Crippen molar-refractivity contribution in [2.75, 3.05) is 14.2 Å². The molecule has 122 valence electrons. The number of halogens is 2. The number of ether oxygens (including phenoxy) is 2. The second-order valence-electron chi connectivity index (χ2n) is 4.26. The molecule has 0 saturated carbocycles. The largest absolute Gasteiger partial charge is 0.493 e. The summed E-state index contributed by atoms with van der Waals surface area (Å²) in [5.74, 6) is -0.0224. The van der Waals surface area contributed by atoms with Gasteiger partial charge in [0.2, 0.25) is 0 Å². The van der Waals surface area contributed by atoms with Crippen molar-refractivity contribution in [2.24, 2.45) is 0 Å². The molecule has 1 aromatic heterocycles. The highest BCUT2D eigenvalue weighted by molar-refractivity contribution is 7.14. The number of thiazole rings is 1. The van der Waals surface area contributed by atoms with Crippen LogP contribution in [0.2, 0.25) is 0 Å². The van der Waals surface area contributed by atoms with E-state index in [4.69, 9.17) is 4.74 Å². The fraction of sp³-hybridized carbons (Fsp3) is 0.200. The third kappa shape index (κ3) is 4.49. The Labute approximate surface area is 135 Å². The van der Waals surface area contributed by atoms with Crippen LogP contribution in [-0.2, 0) is 0 Å². The number of amides is 1. The van der Waals surface area contributed by atoms with Gasteiger partial charge in [0.1, 0.15) is 9.88 Å². The van der Waals surface area contributed by atoms with E-state index >= 15 is 0 Å². The van der Waals surface area contributed by atoms with Crippen molar-refractivity contribution in [1.82, 2.24) is 10.3 Å². The first kappa shape index (κ1) is 16.9. The molecule has 0 unspecified atom stereocenters. The molecule has 23 heavy (non-hydrogen) atoms. The van der Waals surface area contributed by atoms with Crippen molar-refractivity contribution in [1.29, 1.82) is 0 Å². The van der Waals surface area contributed by atoms with Gasteiger partial charge in [0, 0.05) is 7.05 Å². The predicted molar refractivity (Wildman–Crippen MR) is 84.1 cm³/mol. The summed E-state index contributed by atoms with van der Waals surface area (Å²) in [5, 5.41) is 3.17. The summed E-state index contributed by atoms with van der Waals surface area (Å²) >= 11 is 1.24. The van der Waals surface area contributed by atoms with Gasteiger partial charge in [-0.15, -0.1) is 11.3 Å². The molecule has 0 aliphatic carbocycles. The number of nitrogens with zero attached hydrogens (tertiary/aromatic N) is 1. The molecule has 2 rings (SSSR count). The monoisotopic (exact) mass is 340 g/mol. The summed E-state index contributed by atoms with van der Waals surface area (Å²) in [4.78, 5) is 16.1. The number of hydrogen-bond donors (Lipinski definition) is 1. The van der Waals surface area contributed by atoms with E-state index in [1.165, 1.54) is 30.7 Å². The van der Waals surface area contributed by atoms with Gasteiger partial charge < -0.3 is 14.8 Å². The maximum atomic E-state index is 12.3. The minimum Gasteiger partial charge on any atom is -0.493 e. The van der Waals surface area contributed by atoms with Crippen LogP contribution in [0.5, 0.6) is 11.5 Å². The van der Waals surface area contributed by atoms with E-state index in [1.807, 2.05) is 0 Å². The van der Waals surface area contributed by atoms with Gasteiger partial charge >= 0.3 is 6.61 Å². The zero-order chi connectivity index (χ0) is 16.8. The highest BCUT2D eigenvalue weighted by Crippen LogP contribution is 2.30. The van der Waals surface area contributed by atoms with Crippen LogP contribution in [0.1, 0.15) is 20.2 Å². The summed E-state index contributed by atoms with van der Waals surface area (Å²) in [6.45, 7) is -2.91. The predicted octanol–water partition coefficient (Wildman–Crippen LogP) is 3.28. The zero-order valence-corrected chi connectivity index (χ0v) is 13.2. The molecule has 0 aliphatic heterocycles. The number of nitrogens with one attached hydrogen (secondary N) is 1. The van der Waals surface area contributed by atoms with Crippen molar-refractivity contribution in [2.45, 2.75) is 6.61 Å². The lowest BCUT2D eigenvalue weighted by Gasteiger charge is -2.10. The molecule has 0 aliphatic rings. The number of methoxy groups -OCH3 is 1. The minimum absolute atomic E-state index is 0.0317. The quantitative estimate of drug-likeness (QED) is 0.877. The van der Waals surface area contributed by atoms with Gasteiger partial charge in [-0.2, -0.15) is 8.78 Å². The van der Waals surface area contributed by atoms with E-state index in [-0.39, 0.29) is 17.4 Å². The molecule has 1 amide bonds. The third-order valence-corrected chi connectivity index (χ3v) is 3.76. The van der Waals surface area contributed by atoms with Crippen LogP contribution in [0.4, 0.5) is 8.78 Å². The highest BCUT2D eigenvalue weighted by atomic mass is 32.1. The number of aromatic nitrogens is 1. The van der Waals surface area contributed by atoms with Crippen molar-refractivity contribution in [3.63, 3.8) is 0 Å². The Morgan fingerprint density at radius 2 is 2.13 bits per heavy atom. The second kappa shape index (κ2) is 7.68. The number of benzene rings is 1. The molecule has 0 saturated heterocycles. The molecule has 0 radical (unpaired) electrons. The van der Waals surface area contributed by atoms with Gasteiger partial charge in [0.15, 0.2) is 11.5 Å². The molecule has 8 heteroatoms. The van der Waals surface area contributed by atoms with Crippen molar-refractivity contribution in [3.05, 3.63) is 39.8 Å². The first-order valence-corrected chi connectivity index (χ1v) is 7.34. The van der Waals surface area contributed by atoms with Crippen LogP contribution in [0, 0.1) is 0 Å². The smallest absolute Gasteiger partial charge is 0.387 e. The molecule has 0 fully saturated rings. The van der Waals surface area contributed by atoms with Gasteiger partial charge in [0.25, 0.3) is 5.91 Å². The Hall–Kier alpha value is -2.48. The summed E-state index contributed by atoms with van der Waals surface area (Å²) in [7, 11) is 2.92. The summed E-state index contributed by atoms with van der Waals surface area (Å²) in [5.41, 5.74) is 0.722. The normalized spacial score (nSPS) is 11.0. The molecule has 0 atom stereocenters. The van der Waals surface area contributed by atoms with E-state index in [0.717, 1.165) is 5.56 Å². The van der Waals surface area contributed by atoms with Crippen LogP contribution < -0.4 is 14.8 Å². The highest BCUT2D eigenvalue weighted by Gasteiger charge is 2.10. The topological polar surface area (TPSA) is 60.5 Å². The number of carbonyl (C=O) groups is 1. The van der Waals surface area contributed by atoms with Crippen molar-refractivity contribution < 1.29 is 23.0 Å². The van der Waals surface area contributed by atoms with Gasteiger partial charge in [0.05, 0.1) is 13.3 Å². The average molecular weight is 340 g/mol. The molecule has 2 aromatic rings. The standard InChI is InChI=1S/C15H14F2N2O3S/c1-18-14(20)12-8-19-13(23-12)6-4-9-3-5-10(22-15(16)17)11(7-9)21-2/h3-8,15H,1-2H3,(H,18,20)/b6-4-. The molecule has 1 N–H and O–H groups in total. The van der Waals surface area contributed by atoms with Crippen LogP contribution >= 0.6 is 11.3 Å². The van der Waals surface area contributed by atoms with Crippen LogP contribution in [-0.4, -0.2) is 31.7 Å². The Balaban J connectivity index is 2.16. The molecule has 0 bridgehead atoms. The lowest BCUT2D eigenvalue weighted by molar-refractivity contribution is -0.0512. The summed E-state index contributed by atoms with van der Waals surface area (Å²) in [6.07, 6.45) is 4.95. The molecule has 5 nitrogen and oxygen atoms in total. The number of hydrogen-bond acceptors (Lipinski definition) is 5. The van der Waals surface area contributed by atoms with Crippen LogP contribution in [0.3, 0.4) is 0 Å². The zero-order valence-electron chi connectivity index (χ0n) is 12.4. The molecule has 0 spiro atoms. The summed E-state index contributed by atoms with van der Waals surface area (Å²) < 4.78 is 33.9. The molecular weight excluding hydrogens is 326 g/mol. The first-order chi connectivity index (χ1) is 11.0. The lowest BCUT2D eigenvalue weighted by Crippen LogP contribution is -2.16. The maximum Gasteiger partial charge on any atom is 0.387 e. The van der Waals surface area contributed by atoms with Gasteiger partial charge in [-0.3, -0.25) is 4.79 Å². The minimum atomic E-state index is -2.91. The van der Waals surface area contributed by atoms with Crippen LogP contribution in [0.25, 0.3) is 12.2 Å². The Morgan fingerprint density at radius 1 is 1.35 bits per heavy atom. The van der Waals surface area contributed by atoms with E-state index in [1.54, 1.807) is 31.3 Å². The summed E-state index contributed by atoms with van der Waals surface area (Å²) in [6, 6.07) is 4.59. The van der Waals surface area contributed by atoms with E-state index in [2.05, 4.69) is 15.0 Å². The first-order valence-electron chi connectivity index (χ1n) is 6.52. The van der Waals surface area contributed by atoms with Crippen LogP contribution in [0.15, 0.2) is 24.4 Å². The number of rotatable bonds is 6. The van der Waals surface area contributed by atoms with E-state index in [0.29, 0.717) is 9.88 Å². The van der Waals surface area contributed by atoms with Gasteiger partial charge in [-0.1, -0.05) is 12.1 Å². The SMILES string of the molecule is CNC(=O)c1cnc(/C=C\c2ccc(OC(F)F)c(OC)c2)s1. The van der Waals surface area contributed by atoms with Gasteiger partial charge in [-0.05, 0) is 23.8 Å². The maximum absolute atomic E-state index is 12.3. The fourth-order valence-corrected chi connectivity index (χ4v) is 2.51. The average Bonchev–Trinajstić information content (AvgIpc) is 3.01. The van der Waals surface area contributed by atoms with E-state index in [9.17, 15) is 13.6 Å². The Kier molecular flexibility index (Phi) is 5.64. The van der Waals surface area contributed by atoms with Crippen molar-refractivity contribution in [3.8, 4) is 11.5 Å². The lowest BCUT2D eigenvalue weighted by atomic mass is 10.2.